The van der Waals surface area contributed by atoms with Crippen LogP contribution >= 0.6 is 0 Å². The minimum atomic E-state index is -0.0859. The highest BCUT2D eigenvalue weighted by molar-refractivity contribution is 5.78. The fourth-order valence-electron chi connectivity index (χ4n) is 3.47. The first-order chi connectivity index (χ1) is 12.0. The highest BCUT2D eigenvalue weighted by Crippen LogP contribution is 2.32. The van der Waals surface area contributed by atoms with Crippen molar-refractivity contribution in [1.82, 2.24) is 15.5 Å². The van der Waals surface area contributed by atoms with Crippen molar-refractivity contribution in [3.8, 4) is 11.5 Å². The van der Waals surface area contributed by atoms with Gasteiger partial charge in [0.1, 0.15) is 0 Å². The number of methoxy groups -OCH3 is 2. The average molecular weight is 349 g/mol. The first-order valence-electron chi connectivity index (χ1n) is 8.90. The fraction of sp³-hybridized carbons (Fsp3) is 0.632. The molecule has 1 aliphatic rings. The van der Waals surface area contributed by atoms with Gasteiger partial charge in [-0.1, -0.05) is 0 Å². The van der Waals surface area contributed by atoms with Crippen LogP contribution in [0.5, 0.6) is 11.5 Å². The van der Waals surface area contributed by atoms with Gasteiger partial charge in [-0.2, -0.15) is 0 Å². The Morgan fingerprint density at radius 3 is 2.64 bits per heavy atom. The largest absolute Gasteiger partial charge is 0.493 e. The molecule has 1 heterocycles. The normalized spacial score (nSPS) is 19.3. The Morgan fingerprint density at radius 1 is 1.32 bits per heavy atom. The van der Waals surface area contributed by atoms with Crippen molar-refractivity contribution < 1.29 is 14.3 Å². The van der Waals surface area contributed by atoms with E-state index in [1.54, 1.807) is 14.2 Å². The third-order valence-corrected chi connectivity index (χ3v) is 4.90. The summed E-state index contributed by atoms with van der Waals surface area (Å²) in [4.78, 5) is 14.7. The third kappa shape index (κ3) is 5.09. The number of carbonyl (C=O) groups excluding carboxylic acids is 1. The van der Waals surface area contributed by atoms with E-state index >= 15 is 0 Å². The second-order valence-electron chi connectivity index (χ2n) is 6.72. The van der Waals surface area contributed by atoms with Gasteiger partial charge in [-0.05, 0) is 63.5 Å². The highest BCUT2D eigenvalue weighted by Gasteiger charge is 2.22. The molecule has 1 aliphatic heterocycles. The molecule has 140 valence electrons. The second-order valence-corrected chi connectivity index (χ2v) is 6.72. The van der Waals surface area contributed by atoms with Gasteiger partial charge >= 0.3 is 0 Å². The van der Waals surface area contributed by atoms with Gasteiger partial charge in [0.05, 0.1) is 26.8 Å². The van der Waals surface area contributed by atoms with Crippen LogP contribution in [0.1, 0.15) is 36.9 Å². The SMILES string of the molecule is CNC1CCCN(CC(=O)NC(C)c2cc(OC)c(OC)cc2C)C1. The number of likely N-dealkylation sites (tertiary alicyclic amines) is 1. The summed E-state index contributed by atoms with van der Waals surface area (Å²) in [5.41, 5.74) is 2.11. The van der Waals surface area contributed by atoms with Gasteiger partial charge in [0.2, 0.25) is 5.91 Å². The third-order valence-electron chi connectivity index (χ3n) is 4.90. The molecule has 2 N–H and O–H groups in total. The summed E-state index contributed by atoms with van der Waals surface area (Å²) in [6.07, 6.45) is 2.30. The number of aryl methyl sites for hydroxylation is 1. The number of nitrogens with zero attached hydrogens (tertiary/aromatic N) is 1. The fourth-order valence-corrected chi connectivity index (χ4v) is 3.47. The number of likely N-dealkylation sites (N-methyl/N-ethyl adjacent to an activating group) is 1. The number of piperidine rings is 1. The second kappa shape index (κ2) is 9.06. The van der Waals surface area contributed by atoms with Crippen LogP contribution in [0.2, 0.25) is 0 Å². The van der Waals surface area contributed by atoms with Gasteiger partial charge in [0.25, 0.3) is 0 Å². The van der Waals surface area contributed by atoms with Gasteiger partial charge in [-0.25, -0.2) is 0 Å². The first kappa shape index (κ1) is 19.5. The van der Waals surface area contributed by atoms with E-state index in [-0.39, 0.29) is 11.9 Å². The molecule has 6 nitrogen and oxygen atoms in total. The molecule has 1 aromatic rings. The molecule has 0 radical (unpaired) electrons. The van der Waals surface area contributed by atoms with E-state index in [9.17, 15) is 4.79 Å². The van der Waals surface area contributed by atoms with Gasteiger partial charge in [-0.3, -0.25) is 9.69 Å². The molecule has 0 aliphatic carbocycles. The zero-order valence-electron chi connectivity index (χ0n) is 16.0. The molecule has 0 spiro atoms. The molecule has 25 heavy (non-hydrogen) atoms. The molecule has 2 rings (SSSR count). The van der Waals surface area contributed by atoms with Gasteiger partial charge in [0.15, 0.2) is 11.5 Å². The number of carbonyl (C=O) groups is 1. The molecule has 6 heteroatoms. The van der Waals surface area contributed by atoms with Crippen molar-refractivity contribution in [3.05, 3.63) is 23.3 Å². The summed E-state index contributed by atoms with van der Waals surface area (Å²) >= 11 is 0. The topological polar surface area (TPSA) is 62.8 Å². The number of nitrogens with one attached hydrogen (secondary N) is 2. The van der Waals surface area contributed by atoms with Crippen molar-refractivity contribution in [3.63, 3.8) is 0 Å². The molecule has 1 fully saturated rings. The summed E-state index contributed by atoms with van der Waals surface area (Å²) in [5, 5.41) is 6.41. The zero-order valence-corrected chi connectivity index (χ0v) is 16.0. The van der Waals surface area contributed by atoms with Crippen LogP contribution in [0.4, 0.5) is 0 Å². The lowest BCUT2D eigenvalue weighted by molar-refractivity contribution is -0.123. The molecule has 0 bridgehead atoms. The van der Waals surface area contributed by atoms with Crippen LogP contribution < -0.4 is 20.1 Å². The van der Waals surface area contributed by atoms with Crippen molar-refractivity contribution in [1.29, 1.82) is 0 Å². The predicted molar refractivity (Wildman–Crippen MR) is 99.4 cm³/mol. The van der Waals surface area contributed by atoms with E-state index in [1.165, 1.54) is 6.42 Å². The maximum Gasteiger partial charge on any atom is 0.234 e. The number of rotatable bonds is 7. The zero-order chi connectivity index (χ0) is 18.4. The van der Waals surface area contributed by atoms with Crippen LogP contribution in [0.3, 0.4) is 0 Å². The Morgan fingerprint density at radius 2 is 2.00 bits per heavy atom. The van der Waals surface area contributed by atoms with Gasteiger partial charge < -0.3 is 20.1 Å². The Hall–Kier alpha value is -1.79. The van der Waals surface area contributed by atoms with E-state index < -0.39 is 0 Å². The van der Waals surface area contributed by atoms with Crippen molar-refractivity contribution in [2.24, 2.45) is 0 Å². The molecule has 2 unspecified atom stereocenters. The molecule has 0 aromatic heterocycles. The Bertz CT molecular complexity index is 592. The van der Waals surface area contributed by atoms with E-state index in [1.807, 2.05) is 33.0 Å². The number of benzene rings is 1. The Balaban J connectivity index is 1.99. The standard InChI is InChI=1S/C19H31N3O3/c1-13-9-17(24-4)18(25-5)10-16(13)14(2)21-19(23)12-22-8-6-7-15(11-22)20-3/h9-10,14-15,20H,6-8,11-12H2,1-5H3,(H,21,23). The lowest BCUT2D eigenvalue weighted by Gasteiger charge is -2.32. The minimum absolute atomic E-state index is 0.0541. The Kier molecular flexibility index (Phi) is 7.08. The van der Waals surface area contributed by atoms with Crippen LogP contribution in [0, 0.1) is 6.92 Å². The predicted octanol–water partition coefficient (Wildman–Crippen LogP) is 1.87. The summed E-state index contributed by atoms with van der Waals surface area (Å²) in [6, 6.07) is 4.28. The van der Waals surface area contributed by atoms with Crippen molar-refractivity contribution in [2.75, 3.05) is 40.9 Å². The lowest BCUT2D eigenvalue weighted by atomic mass is 10.0. The molecular weight excluding hydrogens is 318 g/mol. The monoisotopic (exact) mass is 349 g/mol. The first-order valence-corrected chi connectivity index (χ1v) is 8.90. The maximum atomic E-state index is 12.4. The van der Waals surface area contributed by atoms with E-state index in [0.29, 0.717) is 24.1 Å². The van der Waals surface area contributed by atoms with E-state index in [4.69, 9.17) is 9.47 Å². The summed E-state index contributed by atoms with van der Waals surface area (Å²) < 4.78 is 10.7. The quantitative estimate of drug-likeness (QED) is 0.787. The van der Waals surface area contributed by atoms with Gasteiger partial charge in [-0.15, -0.1) is 0 Å². The molecular formula is C19H31N3O3. The van der Waals surface area contributed by atoms with Gasteiger partial charge in [0, 0.05) is 12.6 Å². The highest BCUT2D eigenvalue weighted by atomic mass is 16.5. The van der Waals surface area contributed by atoms with Crippen LogP contribution in [-0.2, 0) is 4.79 Å². The summed E-state index contributed by atoms with van der Waals surface area (Å²) in [7, 11) is 5.23. The number of amides is 1. The average Bonchev–Trinajstić information content (AvgIpc) is 2.61. The Labute approximate surface area is 150 Å². The van der Waals surface area contributed by atoms with Crippen LogP contribution in [0.15, 0.2) is 12.1 Å². The molecule has 1 amide bonds. The van der Waals surface area contributed by atoms with Crippen molar-refractivity contribution >= 4 is 5.91 Å². The molecule has 1 aromatic carbocycles. The van der Waals surface area contributed by atoms with Crippen LogP contribution in [-0.4, -0.2) is 57.8 Å². The summed E-state index contributed by atoms with van der Waals surface area (Å²) in [6.45, 7) is 6.36. The van der Waals surface area contributed by atoms with Crippen LogP contribution in [0.25, 0.3) is 0 Å². The minimum Gasteiger partial charge on any atom is -0.493 e. The smallest absolute Gasteiger partial charge is 0.234 e. The maximum absolute atomic E-state index is 12.4. The number of hydrogen-bond donors (Lipinski definition) is 2. The molecule has 1 saturated heterocycles. The molecule has 2 atom stereocenters. The number of ether oxygens (including phenoxy) is 2. The lowest BCUT2D eigenvalue weighted by Crippen LogP contribution is -2.48. The van der Waals surface area contributed by atoms with E-state index in [0.717, 1.165) is 30.6 Å². The number of hydrogen-bond acceptors (Lipinski definition) is 5. The summed E-state index contributed by atoms with van der Waals surface area (Å²) in [5.74, 6) is 1.43. The van der Waals surface area contributed by atoms with Crippen molar-refractivity contribution in [2.45, 2.75) is 38.8 Å². The molecule has 0 saturated carbocycles. The van der Waals surface area contributed by atoms with E-state index in [2.05, 4.69) is 15.5 Å².